The topological polar surface area (TPSA) is 40.5 Å². The summed E-state index contributed by atoms with van der Waals surface area (Å²) < 4.78 is 0. The first-order valence-electron chi connectivity index (χ1n) is 11.9. The van der Waals surface area contributed by atoms with Crippen molar-refractivity contribution in [3.05, 3.63) is 59.2 Å². The summed E-state index contributed by atoms with van der Waals surface area (Å²) in [5.74, 6) is 2.13. The Balaban J connectivity index is 0.000000300. The van der Waals surface area contributed by atoms with Gasteiger partial charge >= 0.3 is 0 Å². The Morgan fingerprint density at radius 2 is 1.20 bits per heavy atom. The number of phenolic OH excluding ortho intramolecular Hbond substituents is 2. The third-order valence-corrected chi connectivity index (χ3v) is 5.28. The molecule has 2 N–H and O–H groups in total. The van der Waals surface area contributed by atoms with Crippen molar-refractivity contribution < 1.29 is 10.2 Å². The van der Waals surface area contributed by atoms with Crippen molar-refractivity contribution in [3.8, 4) is 11.5 Å². The second kappa shape index (κ2) is 14.9. The summed E-state index contributed by atoms with van der Waals surface area (Å²) in [4.78, 5) is 0. The third kappa shape index (κ3) is 10.7. The summed E-state index contributed by atoms with van der Waals surface area (Å²) >= 11 is 0. The lowest BCUT2D eigenvalue weighted by atomic mass is 9.92. The summed E-state index contributed by atoms with van der Waals surface area (Å²) in [6.45, 7) is 11.0. The van der Waals surface area contributed by atoms with Gasteiger partial charge < -0.3 is 10.2 Å². The second-order valence-corrected chi connectivity index (χ2v) is 9.26. The van der Waals surface area contributed by atoms with Crippen molar-refractivity contribution in [2.75, 3.05) is 0 Å². The molecule has 0 radical (unpaired) electrons. The van der Waals surface area contributed by atoms with Gasteiger partial charge in [0, 0.05) is 0 Å². The molecular weight excluding hydrogens is 368 g/mol. The predicted octanol–water partition coefficient (Wildman–Crippen LogP) is 8.08. The normalized spacial score (nSPS) is 10.9. The minimum absolute atomic E-state index is 0.450. The van der Waals surface area contributed by atoms with E-state index >= 15 is 0 Å². The van der Waals surface area contributed by atoms with Gasteiger partial charge in [-0.2, -0.15) is 0 Å². The van der Waals surface area contributed by atoms with Crippen molar-refractivity contribution in [1.82, 2.24) is 0 Å². The molecule has 0 aromatic heterocycles. The largest absolute Gasteiger partial charge is 0.508 e. The van der Waals surface area contributed by atoms with Crippen LogP contribution < -0.4 is 0 Å². The number of unbranched alkanes of at least 4 members (excludes halogenated alkanes) is 5. The molecule has 2 aromatic rings. The van der Waals surface area contributed by atoms with Crippen LogP contribution in [0.25, 0.3) is 0 Å². The average molecular weight is 413 g/mol. The quantitative estimate of drug-likeness (QED) is 0.366. The molecule has 0 unspecified atom stereocenters. The van der Waals surface area contributed by atoms with Gasteiger partial charge in [-0.25, -0.2) is 0 Å². The van der Waals surface area contributed by atoms with Crippen LogP contribution in [0.3, 0.4) is 0 Å². The number of phenols is 2. The predicted molar refractivity (Wildman–Crippen MR) is 130 cm³/mol. The number of hydrogen-bond donors (Lipinski definition) is 2. The molecule has 2 aromatic carbocycles. The van der Waals surface area contributed by atoms with E-state index in [0.29, 0.717) is 23.3 Å². The molecule has 0 fully saturated rings. The number of aryl methyl sites for hydroxylation is 1. The van der Waals surface area contributed by atoms with Crippen LogP contribution in [0, 0.1) is 11.8 Å². The maximum atomic E-state index is 9.85. The van der Waals surface area contributed by atoms with Crippen LogP contribution in [0.4, 0.5) is 0 Å². The van der Waals surface area contributed by atoms with Crippen molar-refractivity contribution >= 4 is 0 Å². The molecule has 0 aliphatic heterocycles. The molecular formula is C28H44O2. The molecule has 0 aliphatic carbocycles. The van der Waals surface area contributed by atoms with E-state index in [9.17, 15) is 10.2 Å². The zero-order chi connectivity index (χ0) is 22.4. The standard InChI is InChI=1S/2C14H22O/c1-10(2)8-12-6-5-7-14(15)13(12)9-11(3)4;1-2-3-4-5-6-7-10-13-11-8-9-12-14(13)15/h5-7,10-11,15H,8-9H2,1-4H3;8-9,11-12,15H,2-7,10H2,1H3. The van der Waals surface area contributed by atoms with Crippen molar-refractivity contribution in [2.24, 2.45) is 11.8 Å². The fourth-order valence-electron chi connectivity index (χ4n) is 3.71. The lowest BCUT2D eigenvalue weighted by Crippen LogP contribution is -2.03. The highest BCUT2D eigenvalue weighted by Gasteiger charge is 2.10. The molecule has 2 nitrogen and oxygen atoms in total. The summed E-state index contributed by atoms with van der Waals surface area (Å²) in [6, 6.07) is 13.5. The number of benzene rings is 2. The number of hydrogen-bond acceptors (Lipinski definition) is 2. The van der Waals surface area contributed by atoms with Crippen molar-refractivity contribution in [3.63, 3.8) is 0 Å². The van der Waals surface area contributed by atoms with Gasteiger partial charge in [0.2, 0.25) is 0 Å². The maximum absolute atomic E-state index is 9.85. The smallest absolute Gasteiger partial charge is 0.119 e. The van der Waals surface area contributed by atoms with Crippen molar-refractivity contribution in [2.45, 2.75) is 92.4 Å². The van der Waals surface area contributed by atoms with E-state index in [-0.39, 0.29) is 0 Å². The maximum Gasteiger partial charge on any atom is 0.119 e. The molecule has 30 heavy (non-hydrogen) atoms. The molecule has 0 saturated carbocycles. The molecule has 168 valence electrons. The van der Waals surface area contributed by atoms with Gasteiger partial charge in [0.05, 0.1) is 0 Å². The Kier molecular flexibility index (Phi) is 13.0. The molecule has 2 heteroatoms. The Labute approximate surface area is 185 Å². The molecule has 0 spiro atoms. The highest BCUT2D eigenvalue weighted by atomic mass is 16.3. The van der Waals surface area contributed by atoms with E-state index in [2.05, 4.69) is 40.7 Å². The van der Waals surface area contributed by atoms with E-state index < -0.39 is 0 Å². The highest BCUT2D eigenvalue weighted by Crippen LogP contribution is 2.26. The zero-order valence-electron chi connectivity index (χ0n) is 20.0. The van der Waals surface area contributed by atoms with Gasteiger partial charge in [0.25, 0.3) is 0 Å². The SMILES string of the molecule is CC(C)Cc1cccc(O)c1CC(C)C.CCCCCCCCc1ccccc1O. The lowest BCUT2D eigenvalue weighted by Gasteiger charge is -2.14. The Bertz CT molecular complexity index is 704. The monoisotopic (exact) mass is 412 g/mol. The van der Waals surface area contributed by atoms with E-state index in [1.54, 1.807) is 12.1 Å². The fourth-order valence-corrected chi connectivity index (χ4v) is 3.71. The third-order valence-electron chi connectivity index (χ3n) is 5.28. The van der Waals surface area contributed by atoms with E-state index in [1.807, 2.05) is 24.3 Å². The fraction of sp³-hybridized carbons (Fsp3) is 0.571. The number of rotatable bonds is 11. The van der Waals surface area contributed by atoms with Crippen LogP contribution in [-0.4, -0.2) is 10.2 Å². The molecule has 0 heterocycles. The minimum atomic E-state index is 0.450. The molecule has 0 aliphatic rings. The Morgan fingerprint density at radius 1 is 0.633 bits per heavy atom. The van der Waals surface area contributed by atoms with Crippen LogP contribution >= 0.6 is 0 Å². The Hall–Kier alpha value is -1.96. The van der Waals surface area contributed by atoms with Crippen LogP contribution in [-0.2, 0) is 19.3 Å². The molecule has 0 saturated heterocycles. The Morgan fingerprint density at radius 3 is 1.83 bits per heavy atom. The number of para-hydroxylation sites is 1. The first-order chi connectivity index (χ1) is 14.3. The van der Waals surface area contributed by atoms with Crippen LogP contribution in [0.2, 0.25) is 0 Å². The van der Waals surface area contributed by atoms with E-state index in [4.69, 9.17) is 0 Å². The highest BCUT2D eigenvalue weighted by molar-refractivity contribution is 5.39. The zero-order valence-corrected chi connectivity index (χ0v) is 20.0. The van der Waals surface area contributed by atoms with Gasteiger partial charge in [-0.1, -0.05) is 97.1 Å². The molecule has 0 bridgehead atoms. The van der Waals surface area contributed by atoms with Crippen molar-refractivity contribution in [1.29, 1.82) is 0 Å². The first kappa shape index (κ1) is 26.1. The summed E-state index contributed by atoms with van der Waals surface area (Å²) in [7, 11) is 0. The number of aromatic hydroxyl groups is 2. The molecule has 2 rings (SSSR count). The molecule has 0 amide bonds. The first-order valence-corrected chi connectivity index (χ1v) is 11.9. The van der Waals surface area contributed by atoms with Gasteiger partial charge in [-0.15, -0.1) is 0 Å². The van der Waals surface area contributed by atoms with Gasteiger partial charge in [-0.05, 0) is 66.3 Å². The summed E-state index contributed by atoms with van der Waals surface area (Å²) in [6.07, 6.45) is 10.9. The van der Waals surface area contributed by atoms with Gasteiger partial charge in [0.1, 0.15) is 11.5 Å². The lowest BCUT2D eigenvalue weighted by molar-refractivity contribution is 0.459. The van der Waals surface area contributed by atoms with Gasteiger partial charge in [-0.3, -0.25) is 0 Å². The summed E-state index contributed by atoms with van der Waals surface area (Å²) in [5, 5.41) is 19.4. The molecule has 0 atom stereocenters. The van der Waals surface area contributed by atoms with E-state index in [0.717, 1.165) is 30.4 Å². The summed E-state index contributed by atoms with van der Waals surface area (Å²) in [5.41, 5.74) is 3.54. The van der Waals surface area contributed by atoms with Crippen LogP contribution in [0.15, 0.2) is 42.5 Å². The van der Waals surface area contributed by atoms with Crippen LogP contribution in [0.1, 0.15) is 89.8 Å². The van der Waals surface area contributed by atoms with Crippen LogP contribution in [0.5, 0.6) is 11.5 Å². The van der Waals surface area contributed by atoms with E-state index in [1.165, 1.54) is 44.1 Å². The average Bonchev–Trinajstić information content (AvgIpc) is 2.68. The second-order valence-electron chi connectivity index (χ2n) is 9.26. The van der Waals surface area contributed by atoms with Gasteiger partial charge in [0.15, 0.2) is 0 Å². The minimum Gasteiger partial charge on any atom is -0.508 e.